The summed E-state index contributed by atoms with van der Waals surface area (Å²) in [5.41, 5.74) is 4.47. The molecule has 0 saturated carbocycles. The fourth-order valence-corrected chi connectivity index (χ4v) is 2.57. The second-order valence-electron chi connectivity index (χ2n) is 5.87. The lowest BCUT2D eigenvalue weighted by atomic mass is 10.1. The lowest BCUT2D eigenvalue weighted by molar-refractivity contribution is -0.121. The molecular formula is C17H20FN5O. The molecule has 1 aromatic carbocycles. The zero-order valence-corrected chi connectivity index (χ0v) is 13.7. The molecule has 1 amide bonds. The van der Waals surface area contributed by atoms with Crippen molar-refractivity contribution < 1.29 is 9.18 Å². The fourth-order valence-electron chi connectivity index (χ4n) is 2.57. The molecule has 0 fully saturated rings. The Labute approximate surface area is 138 Å². The van der Waals surface area contributed by atoms with Gasteiger partial charge in [0, 0.05) is 31.5 Å². The number of carbonyl (C=O) groups is 1. The summed E-state index contributed by atoms with van der Waals surface area (Å²) in [4.78, 5) is 19.3. The number of aryl methyl sites for hydroxylation is 2. The summed E-state index contributed by atoms with van der Waals surface area (Å²) in [7, 11) is 0. The van der Waals surface area contributed by atoms with E-state index in [0.29, 0.717) is 31.3 Å². The molecule has 7 heteroatoms. The second kappa shape index (κ2) is 6.82. The largest absolute Gasteiger partial charge is 0.356 e. The van der Waals surface area contributed by atoms with E-state index in [1.807, 2.05) is 13.8 Å². The molecule has 0 saturated heterocycles. The van der Waals surface area contributed by atoms with E-state index in [1.54, 1.807) is 6.07 Å². The van der Waals surface area contributed by atoms with Gasteiger partial charge in [-0.15, -0.1) is 0 Å². The average molecular weight is 329 g/mol. The zero-order valence-electron chi connectivity index (χ0n) is 13.7. The summed E-state index contributed by atoms with van der Waals surface area (Å²) in [6.07, 6.45) is 1.59. The minimum Gasteiger partial charge on any atom is -0.356 e. The second-order valence-corrected chi connectivity index (χ2v) is 5.87. The molecule has 24 heavy (non-hydrogen) atoms. The Morgan fingerprint density at radius 1 is 1.29 bits per heavy atom. The third kappa shape index (κ3) is 3.61. The number of halogens is 1. The van der Waals surface area contributed by atoms with Crippen LogP contribution in [0.3, 0.4) is 0 Å². The number of aromatic nitrogens is 4. The van der Waals surface area contributed by atoms with E-state index in [-0.39, 0.29) is 11.7 Å². The minimum atomic E-state index is -0.296. The number of nitrogens with zero attached hydrogens (tertiary/aromatic N) is 2. The van der Waals surface area contributed by atoms with Crippen LogP contribution >= 0.6 is 0 Å². The molecule has 3 rings (SSSR count). The van der Waals surface area contributed by atoms with Gasteiger partial charge in [-0.3, -0.25) is 9.89 Å². The highest BCUT2D eigenvalue weighted by Crippen LogP contribution is 2.13. The SMILES string of the molecule is Cc1[nH]nc(CCC(=O)NCCc2nc3ccc(F)cc3[nH]2)c1C. The Bertz CT molecular complexity index is 867. The monoisotopic (exact) mass is 329 g/mol. The predicted octanol–water partition coefficient (Wildman–Crippen LogP) is 2.33. The van der Waals surface area contributed by atoms with Crippen LogP contribution in [0.4, 0.5) is 4.39 Å². The molecule has 0 aliphatic heterocycles. The third-order valence-electron chi connectivity index (χ3n) is 4.12. The van der Waals surface area contributed by atoms with Gasteiger partial charge < -0.3 is 10.3 Å². The van der Waals surface area contributed by atoms with Crippen LogP contribution < -0.4 is 5.32 Å². The molecule has 0 aliphatic carbocycles. The molecule has 3 N–H and O–H groups in total. The molecule has 3 aromatic rings. The summed E-state index contributed by atoms with van der Waals surface area (Å²) in [5.74, 6) is 0.418. The van der Waals surface area contributed by atoms with Gasteiger partial charge in [0.25, 0.3) is 0 Å². The number of amides is 1. The zero-order chi connectivity index (χ0) is 17.1. The molecule has 2 aromatic heterocycles. The van der Waals surface area contributed by atoms with Crippen LogP contribution in [0.2, 0.25) is 0 Å². The van der Waals surface area contributed by atoms with E-state index in [0.717, 1.165) is 28.3 Å². The minimum absolute atomic E-state index is 0.0165. The van der Waals surface area contributed by atoms with Crippen LogP contribution in [0.25, 0.3) is 11.0 Å². The molecule has 126 valence electrons. The first-order valence-electron chi connectivity index (χ1n) is 7.94. The Hall–Kier alpha value is -2.70. The van der Waals surface area contributed by atoms with Crippen LogP contribution in [-0.2, 0) is 17.6 Å². The van der Waals surface area contributed by atoms with Gasteiger partial charge in [-0.25, -0.2) is 9.37 Å². The maximum Gasteiger partial charge on any atom is 0.220 e. The number of imidazole rings is 1. The molecule has 0 atom stereocenters. The van der Waals surface area contributed by atoms with Gasteiger partial charge in [0.2, 0.25) is 5.91 Å². The third-order valence-corrected chi connectivity index (χ3v) is 4.12. The van der Waals surface area contributed by atoms with Crippen LogP contribution in [0, 0.1) is 19.7 Å². The summed E-state index contributed by atoms with van der Waals surface area (Å²) >= 11 is 0. The lowest BCUT2D eigenvalue weighted by Gasteiger charge is -2.03. The first-order chi connectivity index (χ1) is 11.5. The fraction of sp³-hybridized carbons (Fsp3) is 0.353. The van der Waals surface area contributed by atoms with Gasteiger partial charge in [0.05, 0.1) is 16.7 Å². The van der Waals surface area contributed by atoms with Crippen molar-refractivity contribution in [1.29, 1.82) is 0 Å². The highest BCUT2D eigenvalue weighted by molar-refractivity contribution is 5.76. The van der Waals surface area contributed by atoms with Crippen molar-refractivity contribution in [2.75, 3.05) is 6.54 Å². The summed E-state index contributed by atoms with van der Waals surface area (Å²) in [6.45, 7) is 4.45. The molecule has 0 spiro atoms. The van der Waals surface area contributed by atoms with Crippen molar-refractivity contribution in [1.82, 2.24) is 25.5 Å². The molecule has 6 nitrogen and oxygen atoms in total. The number of nitrogens with one attached hydrogen (secondary N) is 3. The number of fused-ring (bicyclic) bond motifs is 1. The first-order valence-corrected chi connectivity index (χ1v) is 7.94. The molecule has 0 aliphatic rings. The normalized spacial score (nSPS) is 11.1. The number of carbonyl (C=O) groups excluding carboxylic acids is 1. The quantitative estimate of drug-likeness (QED) is 0.649. The lowest BCUT2D eigenvalue weighted by Crippen LogP contribution is -2.26. The average Bonchev–Trinajstić information content (AvgIpc) is 3.09. The van der Waals surface area contributed by atoms with Crippen LogP contribution in [0.5, 0.6) is 0 Å². The number of H-pyrrole nitrogens is 2. The number of rotatable bonds is 6. The van der Waals surface area contributed by atoms with E-state index < -0.39 is 0 Å². The van der Waals surface area contributed by atoms with Crippen LogP contribution in [-0.4, -0.2) is 32.6 Å². The van der Waals surface area contributed by atoms with E-state index >= 15 is 0 Å². The van der Waals surface area contributed by atoms with Gasteiger partial charge in [-0.05, 0) is 37.6 Å². The number of benzene rings is 1. The summed E-state index contributed by atoms with van der Waals surface area (Å²) in [6, 6.07) is 4.43. The Kier molecular flexibility index (Phi) is 4.59. The van der Waals surface area contributed by atoms with Crippen molar-refractivity contribution >= 4 is 16.9 Å². The standard InChI is InChI=1S/C17H20FN5O/c1-10-11(2)22-23-13(10)5-6-17(24)19-8-7-16-20-14-4-3-12(18)9-15(14)21-16/h3-4,9H,5-8H2,1-2H3,(H,19,24)(H,20,21)(H,22,23). The number of hydrogen-bond donors (Lipinski definition) is 3. The number of hydrogen-bond acceptors (Lipinski definition) is 3. The van der Waals surface area contributed by atoms with Crippen molar-refractivity contribution in [2.24, 2.45) is 0 Å². The predicted molar refractivity (Wildman–Crippen MR) is 89.1 cm³/mol. The van der Waals surface area contributed by atoms with E-state index in [1.165, 1.54) is 12.1 Å². The molecule has 0 unspecified atom stereocenters. The number of aromatic amines is 2. The van der Waals surface area contributed by atoms with Crippen molar-refractivity contribution in [3.8, 4) is 0 Å². The molecule has 2 heterocycles. The van der Waals surface area contributed by atoms with E-state index in [9.17, 15) is 9.18 Å². The van der Waals surface area contributed by atoms with Gasteiger partial charge in [0.15, 0.2) is 0 Å². The van der Waals surface area contributed by atoms with Crippen LogP contribution in [0.1, 0.15) is 29.2 Å². The maximum absolute atomic E-state index is 13.1. The summed E-state index contributed by atoms with van der Waals surface area (Å²) in [5, 5.41) is 9.99. The van der Waals surface area contributed by atoms with Gasteiger partial charge in [-0.1, -0.05) is 0 Å². The van der Waals surface area contributed by atoms with Crippen molar-refractivity contribution in [2.45, 2.75) is 33.1 Å². The van der Waals surface area contributed by atoms with Crippen molar-refractivity contribution in [3.63, 3.8) is 0 Å². The molecule has 0 radical (unpaired) electrons. The smallest absolute Gasteiger partial charge is 0.220 e. The highest BCUT2D eigenvalue weighted by atomic mass is 19.1. The Morgan fingerprint density at radius 2 is 2.12 bits per heavy atom. The summed E-state index contributed by atoms with van der Waals surface area (Å²) < 4.78 is 13.1. The Balaban J connectivity index is 1.46. The molecular weight excluding hydrogens is 309 g/mol. The maximum atomic E-state index is 13.1. The van der Waals surface area contributed by atoms with E-state index in [2.05, 4.69) is 25.5 Å². The highest BCUT2D eigenvalue weighted by Gasteiger charge is 2.09. The first kappa shape index (κ1) is 16.2. The topological polar surface area (TPSA) is 86.5 Å². The molecule has 0 bridgehead atoms. The van der Waals surface area contributed by atoms with Crippen molar-refractivity contribution in [3.05, 3.63) is 46.8 Å². The van der Waals surface area contributed by atoms with Gasteiger partial charge in [-0.2, -0.15) is 5.10 Å². The Morgan fingerprint density at radius 3 is 2.88 bits per heavy atom. The van der Waals surface area contributed by atoms with Crippen LogP contribution in [0.15, 0.2) is 18.2 Å². The van der Waals surface area contributed by atoms with Gasteiger partial charge in [0.1, 0.15) is 11.6 Å². The van der Waals surface area contributed by atoms with Gasteiger partial charge >= 0.3 is 0 Å². The van der Waals surface area contributed by atoms with E-state index in [4.69, 9.17) is 0 Å².